The van der Waals surface area contributed by atoms with Crippen LogP contribution in [0.15, 0.2) is 28.9 Å². The van der Waals surface area contributed by atoms with Crippen LogP contribution in [-0.2, 0) is 6.42 Å². The molecule has 0 atom stereocenters. The molecule has 1 aromatic heterocycles. The van der Waals surface area contributed by atoms with E-state index in [1.165, 1.54) is 31.5 Å². The van der Waals surface area contributed by atoms with Gasteiger partial charge in [-0.25, -0.2) is 0 Å². The van der Waals surface area contributed by atoms with Crippen LogP contribution >= 0.6 is 0 Å². The van der Waals surface area contributed by atoms with Crippen molar-refractivity contribution < 1.29 is 9.52 Å². The van der Waals surface area contributed by atoms with Crippen molar-refractivity contribution in [2.75, 3.05) is 19.6 Å². The third kappa shape index (κ3) is 2.15. The van der Waals surface area contributed by atoms with Gasteiger partial charge in [0.05, 0.1) is 6.26 Å². The molecule has 1 aliphatic rings. The molecule has 0 unspecified atom stereocenters. The average molecular weight is 231 g/mol. The average Bonchev–Trinajstić information content (AvgIpc) is 2.94. The molecule has 17 heavy (non-hydrogen) atoms. The molecule has 1 N–H and O–H groups in total. The van der Waals surface area contributed by atoms with Crippen LogP contribution in [0.25, 0.3) is 11.0 Å². The van der Waals surface area contributed by atoms with Crippen LogP contribution in [0, 0.1) is 0 Å². The van der Waals surface area contributed by atoms with E-state index in [0.29, 0.717) is 5.75 Å². The van der Waals surface area contributed by atoms with Gasteiger partial charge in [0.1, 0.15) is 11.3 Å². The first kappa shape index (κ1) is 10.7. The molecule has 0 bridgehead atoms. The highest BCUT2D eigenvalue weighted by Crippen LogP contribution is 2.25. The van der Waals surface area contributed by atoms with E-state index in [1.54, 1.807) is 12.1 Å². The molecule has 1 saturated heterocycles. The van der Waals surface area contributed by atoms with Crippen LogP contribution in [-0.4, -0.2) is 29.6 Å². The molecule has 3 rings (SSSR count). The van der Waals surface area contributed by atoms with Crippen molar-refractivity contribution in [3.8, 4) is 5.75 Å². The molecule has 1 aromatic carbocycles. The van der Waals surface area contributed by atoms with Crippen molar-refractivity contribution in [1.29, 1.82) is 0 Å². The number of phenols is 1. The summed E-state index contributed by atoms with van der Waals surface area (Å²) in [6, 6.07) is 5.28. The Hall–Kier alpha value is -1.48. The molecule has 0 saturated carbocycles. The summed E-state index contributed by atoms with van der Waals surface area (Å²) >= 11 is 0. The first-order chi connectivity index (χ1) is 8.33. The number of likely N-dealkylation sites (tertiary alicyclic amines) is 1. The molecule has 2 aromatic rings. The lowest BCUT2D eigenvalue weighted by atomic mass is 10.1. The topological polar surface area (TPSA) is 36.6 Å². The van der Waals surface area contributed by atoms with Crippen LogP contribution in [0.5, 0.6) is 5.75 Å². The summed E-state index contributed by atoms with van der Waals surface area (Å²) in [5.41, 5.74) is 2.06. The smallest absolute Gasteiger partial charge is 0.134 e. The van der Waals surface area contributed by atoms with Gasteiger partial charge in [-0.15, -0.1) is 0 Å². The Bertz CT molecular complexity index is 512. The summed E-state index contributed by atoms with van der Waals surface area (Å²) in [5.74, 6) is 0.307. The van der Waals surface area contributed by atoms with E-state index >= 15 is 0 Å². The number of rotatable bonds is 3. The Balaban J connectivity index is 1.77. The lowest BCUT2D eigenvalue weighted by Crippen LogP contribution is -2.21. The number of furan rings is 1. The summed E-state index contributed by atoms with van der Waals surface area (Å²) in [4.78, 5) is 2.49. The van der Waals surface area contributed by atoms with Gasteiger partial charge in [0.2, 0.25) is 0 Å². The number of fused-ring (bicyclic) bond motifs is 1. The zero-order chi connectivity index (χ0) is 11.7. The normalized spacial score (nSPS) is 16.9. The van der Waals surface area contributed by atoms with Crippen molar-refractivity contribution in [2.45, 2.75) is 19.3 Å². The van der Waals surface area contributed by atoms with E-state index in [9.17, 15) is 5.11 Å². The quantitative estimate of drug-likeness (QED) is 0.882. The number of nitrogens with zero attached hydrogens (tertiary/aromatic N) is 1. The molecular formula is C14H17NO2. The molecule has 90 valence electrons. The SMILES string of the molecule is Oc1ccc2occ(CCN3CCCC3)c2c1. The molecule has 1 aliphatic heterocycles. The van der Waals surface area contributed by atoms with Gasteiger partial charge < -0.3 is 14.4 Å². The van der Waals surface area contributed by atoms with Crippen molar-refractivity contribution in [3.63, 3.8) is 0 Å². The zero-order valence-corrected chi connectivity index (χ0v) is 9.85. The van der Waals surface area contributed by atoms with Crippen molar-refractivity contribution in [2.24, 2.45) is 0 Å². The fraction of sp³-hybridized carbons (Fsp3) is 0.429. The maximum Gasteiger partial charge on any atom is 0.134 e. The fourth-order valence-electron chi connectivity index (χ4n) is 2.55. The fourth-order valence-corrected chi connectivity index (χ4v) is 2.55. The maximum atomic E-state index is 9.50. The van der Waals surface area contributed by atoms with Crippen LogP contribution < -0.4 is 0 Å². The minimum atomic E-state index is 0.307. The minimum Gasteiger partial charge on any atom is -0.508 e. The lowest BCUT2D eigenvalue weighted by molar-refractivity contribution is 0.343. The predicted octanol–water partition coefficient (Wildman–Crippen LogP) is 2.78. The molecular weight excluding hydrogens is 214 g/mol. The Morgan fingerprint density at radius 2 is 2.06 bits per heavy atom. The van der Waals surface area contributed by atoms with Crippen LogP contribution in [0.3, 0.4) is 0 Å². The van der Waals surface area contributed by atoms with E-state index in [1.807, 2.05) is 12.3 Å². The van der Waals surface area contributed by atoms with Gasteiger partial charge in [-0.3, -0.25) is 0 Å². The number of hydrogen-bond acceptors (Lipinski definition) is 3. The van der Waals surface area contributed by atoms with E-state index < -0.39 is 0 Å². The van der Waals surface area contributed by atoms with E-state index in [-0.39, 0.29) is 0 Å². The highest BCUT2D eigenvalue weighted by molar-refractivity contribution is 5.82. The standard InChI is InChI=1S/C14H17NO2/c16-12-3-4-14-13(9-12)11(10-17-14)5-8-15-6-1-2-7-15/h3-4,9-10,16H,1-2,5-8H2. The van der Waals surface area contributed by atoms with Gasteiger partial charge in [0, 0.05) is 11.9 Å². The Morgan fingerprint density at radius 1 is 1.24 bits per heavy atom. The lowest BCUT2D eigenvalue weighted by Gasteiger charge is -2.13. The second-order valence-electron chi connectivity index (χ2n) is 4.74. The minimum absolute atomic E-state index is 0.307. The zero-order valence-electron chi connectivity index (χ0n) is 9.85. The van der Waals surface area contributed by atoms with Crippen LogP contribution in [0.4, 0.5) is 0 Å². The first-order valence-corrected chi connectivity index (χ1v) is 6.24. The van der Waals surface area contributed by atoms with Gasteiger partial charge in [0.15, 0.2) is 0 Å². The third-order valence-electron chi connectivity index (χ3n) is 3.53. The number of aromatic hydroxyl groups is 1. The summed E-state index contributed by atoms with van der Waals surface area (Å²) in [7, 11) is 0. The summed E-state index contributed by atoms with van der Waals surface area (Å²) < 4.78 is 5.49. The van der Waals surface area contributed by atoms with Crippen molar-refractivity contribution in [1.82, 2.24) is 4.90 Å². The highest BCUT2D eigenvalue weighted by atomic mass is 16.3. The Labute approximate surface area is 101 Å². The first-order valence-electron chi connectivity index (χ1n) is 6.24. The number of benzene rings is 1. The maximum absolute atomic E-state index is 9.50. The molecule has 0 amide bonds. The Kier molecular flexibility index (Phi) is 2.77. The third-order valence-corrected chi connectivity index (χ3v) is 3.53. The monoisotopic (exact) mass is 231 g/mol. The summed E-state index contributed by atoms with van der Waals surface area (Å²) in [6.07, 6.45) is 5.47. The molecule has 3 heteroatoms. The molecule has 0 spiro atoms. The van der Waals surface area contributed by atoms with Gasteiger partial charge in [-0.2, -0.15) is 0 Å². The second kappa shape index (κ2) is 4.41. The van der Waals surface area contributed by atoms with Gasteiger partial charge in [-0.05, 0) is 56.1 Å². The van der Waals surface area contributed by atoms with Gasteiger partial charge in [0.25, 0.3) is 0 Å². The number of phenolic OH excluding ortho intramolecular Hbond substituents is 1. The van der Waals surface area contributed by atoms with Crippen LogP contribution in [0.1, 0.15) is 18.4 Å². The van der Waals surface area contributed by atoms with Crippen molar-refractivity contribution in [3.05, 3.63) is 30.0 Å². The molecule has 2 heterocycles. The van der Waals surface area contributed by atoms with Crippen LogP contribution in [0.2, 0.25) is 0 Å². The highest BCUT2D eigenvalue weighted by Gasteiger charge is 2.13. The van der Waals surface area contributed by atoms with Gasteiger partial charge in [-0.1, -0.05) is 0 Å². The van der Waals surface area contributed by atoms with Crippen molar-refractivity contribution >= 4 is 11.0 Å². The molecule has 0 aliphatic carbocycles. The van der Waals surface area contributed by atoms with E-state index in [0.717, 1.165) is 23.9 Å². The summed E-state index contributed by atoms with van der Waals surface area (Å²) in [6.45, 7) is 3.53. The van der Waals surface area contributed by atoms with E-state index in [4.69, 9.17) is 4.42 Å². The number of hydrogen-bond donors (Lipinski definition) is 1. The second-order valence-corrected chi connectivity index (χ2v) is 4.74. The molecule has 0 radical (unpaired) electrons. The predicted molar refractivity (Wildman–Crippen MR) is 67.3 cm³/mol. The largest absolute Gasteiger partial charge is 0.508 e. The van der Waals surface area contributed by atoms with E-state index in [2.05, 4.69) is 4.90 Å². The Morgan fingerprint density at radius 3 is 2.88 bits per heavy atom. The molecule has 1 fully saturated rings. The van der Waals surface area contributed by atoms with Gasteiger partial charge >= 0.3 is 0 Å². The summed E-state index contributed by atoms with van der Waals surface area (Å²) in [5, 5.41) is 10.5. The molecule has 3 nitrogen and oxygen atoms in total.